The number of anilines is 1. The van der Waals surface area contributed by atoms with E-state index >= 15 is 0 Å². The van der Waals surface area contributed by atoms with Gasteiger partial charge in [-0.05, 0) is 25.5 Å². The maximum Gasteiger partial charge on any atom is 0.242 e. The summed E-state index contributed by atoms with van der Waals surface area (Å²) >= 11 is 0. The van der Waals surface area contributed by atoms with Gasteiger partial charge in [0.15, 0.2) is 9.84 Å². The zero-order valence-corrected chi connectivity index (χ0v) is 12.8. The van der Waals surface area contributed by atoms with E-state index in [-0.39, 0.29) is 18.6 Å². The number of carbonyl (C=O) groups excluding carboxylic acids is 1. The van der Waals surface area contributed by atoms with E-state index < -0.39 is 21.0 Å². The fraction of sp³-hybridized carbons (Fsp3) is 0.429. The molecule has 0 fully saturated rings. The second-order valence-corrected chi connectivity index (χ2v) is 6.90. The molecule has 0 spiro atoms. The van der Waals surface area contributed by atoms with Crippen LogP contribution >= 0.6 is 0 Å². The Morgan fingerprint density at radius 2 is 2.10 bits per heavy atom. The summed E-state index contributed by atoms with van der Waals surface area (Å²) in [6, 6.07) is 8.64. The number of rotatable bonds is 7. The average molecular weight is 310 g/mol. The quantitative estimate of drug-likeness (QED) is 0.774. The first kappa shape index (κ1) is 17.0. The zero-order valence-electron chi connectivity index (χ0n) is 12.0. The molecule has 6 nitrogen and oxygen atoms in total. The number of unbranched alkanes of at least 4 members (excludes halogenated alkanes) is 1. The molecule has 0 aliphatic rings. The molecule has 0 heterocycles. The van der Waals surface area contributed by atoms with Crippen LogP contribution in [0.3, 0.4) is 0 Å². The number of para-hydroxylation sites is 2. The van der Waals surface area contributed by atoms with Crippen molar-refractivity contribution in [3.8, 4) is 11.8 Å². The van der Waals surface area contributed by atoms with Crippen molar-refractivity contribution in [1.29, 1.82) is 5.26 Å². The molecular formula is C14H18N2O4S. The highest BCUT2D eigenvalue weighted by Gasteiger charge is 2.27. The molecule has 1 aromatic carbocycles. The fourth-order valence-electron chi connectivity index (χ4n) is 1.67. The van der Waals surface area contributed by atoms with Crippen LogP contribution in [-0.4, -0.2) is 32.4 Å². The van der Waals surface area contributed by atoms with Gasteiger partial charge in [-0.25, -0.2) is 8.42 Å². The van der Waals surface area contributed by atoms with E-state index in [4.69, 9.17) is 10.00 Å². The van der Waals surface area contributed by atoms with Crippen molar-refractivity contribution in [2.24, 2.45) is 0 Å². The van der Waals surface area contributed by atoms with Crippen molar-refractivity contribution in [1.82, 2.24) is 0 Å². The highest BCUT2D eigenvalue weighted by atomic mass is 32.2. The Bertz CT molecular complexity index is 635. The van der Waals surface area contributed by atoms with Crippen molar-refractivity contribution in [3.63, 3.8) is 0 Å². The van der Waals surface area contributed by atoms with Crippen molar-refractivity contribution in [2.45, 2.75) is 25.0 Å². The molecule has 1 N–H and O–H groups in total. The maximum atomic E-state index is 12.0. The molecule has 0 radical (unpaired) electrons. The van der Waals surface area contributed by atoms with E-state index in [9.17, 15) is 13.2 Å². The number of nitrogens with one attached hydrogen (secondary N) is 1. The second-order valence-electron chi connectivity index (χ2n) is 4.46. The minimum Gasteiger partial charge on any atom is -0.495 e. The number of nitriles is 1. The molecule has 21 heavy (non-hydrogen) atoms. The molecule has 0 bridgehead atoms. The van der Waals surface area contributed by atoms with E-state index in [0.717, 1.165) is 0 Å². The predicted octanol–water partition coefficient (Wildman–Crippen LogP) is 1.74. The molecule has 0 aliphatic carbocycles. The molecule has 1 amide bonds. The van der Waals surface area contributed by atoms with Crippen LogP contribution in [-0.2, 0) is 14.6 Å². The van der Waals surface area contributed by atoms with Gasteiger partial charge in [0, 0.05) is 6.42 Å². The number of benzene rings is 1. The lowest BCUT2D eigenvalue weighted by atomic mass is 10.3. The number of amides is 1. The molecule has 114 valence electrons. The monoisotopic (exact) mass is 310 g/mol. The maximum absolute atomic E-state index is 12.0. The summed E-state index contributed by atoms with van der Waals surface area (Å²) in [5, 5.41) is 9.80. The number of carbonyl (C=O) groups is 1. The Labute approximate surface area is 124 Å². The minimum atomic E-state index is -3.58. The smallest absolute Gasteiger partial charge is 0.242 e. The SMILES string of the molecule is COc1ccccc1NC(=O)C(C)S(=O)(=O)CCCC#N. The van der Waals surface area contributed by atoms with Crippen molar-refractivity contribution in [3.05, 3.63) is 24.3 Å². The van der Waals surface area contributed by atoms with Gasteiger partial charge < -0.3 is 10.1 Å². The number of sulfone groups is 1. The van der Waals surface area contributed by atoms with Crippen LogP contribution in [0.15, 0.2) is 24.3 Å². The van der Waals surface area contributed by atoms with Gasteiger partial charge in [0.05, 0.1) is 24.6 Å². The Balaban J connectivity index is 2.77. The van der Waals surface area contributed by atoms with E-state index in [1.807, 2.05) is 6.07 Å². The standard InChI is InChI=1S/C14H18N2O4S/c1-11(21(18,19)10-6-5-9-15)14(17)16-12-7-3-4-8-13(12)20-2/h3-4,7-8,11H,5-6,10H2,1-2H3,(H,16,17). The second kappa shape index (κ2) is 7.64. The van der Waals surface area contributed by atoms with Gasteiger partial charge in [0.25, 0.3) is 0 Å². The predicted molar refractivity (Wildman–Crippen MR) is 79.7 cm³/mol. The van der Waals surface area contributed by atoms with Gasteiger partial charge in [0.2, 0.25) is 5.91 Å². The third-order valence-electron chi connectivity index (χ3n) is 2.99. The normalized spacial score (nSPS) is 12.2. The number of methoxy groups -OCH3 is 1. The lowest BCUT2D eigenvalue weighted by Crippen LogP contribution is -2.34. The molecule has 1 unspecified atom stereocenters. The number of ether oxygens (including phenoxy) is 1. The van der Waals surface area contributed by atoms with Crippen LogP contribution in [0.1, 0.15) is 19.8 Å². The highest BCUT2D eigenvalue weighted by molar-refractivity contribution is 7.92. The van der Waals surface area contributed by atoms with Gasteiger partial charge in [-0.2, -0.15) is 5.26 Å². The average Bonchev–Trinajstić information content (AvgIpc) is 2.47. The molecule has 0 saturated heterocycles. The molecule has 0 aliphatic heterocycles. The summed E-state index contributed by atoms with van der Waals surface area (Å²) in [6.45, 7) is 1.34. The van der Waals surface area contributed by atoms with Crippen molar-refractivity contribution >= 4 is 21.4 Å². The summed E-state index contributed by atoms with van der Waals surface area (Å²) in [5.41, 5.74) is 0.420. The van der Waals surface area contributed by atoms with E-state index in [1.54, 1.807) is 24.3 Å². The Morgan fingerprint density at radius 3 is 2.71 bits per heavy atom. The zero-order chi connectivity index (χ0) is 15.9. The Morgan fingerprint density at radius 1 is 1.43 bits per heavy atom. The Kier molecular flexibility index (Phi) is 6.18. The lowest BCUT2D eigenvalue weighted by Gasteiger charge is -2.14. The van der Waals surface area contributed by atoms with Gasteiger partial charge in [0.1, 0.15) is 11.0 Å². The largest absolute Gasteiger partial charge is 0.495 e. The minimum absolute atomic E-state index is 0.153. The number of hydrogen-bond donors (Lipinski definition) is 1. The topological polar surface area (TPSA) is 96.3 Å². The first-order chi connectivity index (χ1) is 9.92. The van der Waals surface area contributed by atoms with Gasteiger partial charge in [-0.3, -0.25) is 4.79 Å². The number of nitrogens with zero attached hydrogens (tertiary/aromatic N) is 1. The van der Waals surface area contributed by atoms with E-state index in [2.05, 4.69) is 5.32 Å². The van der Waals surface area contributed by atoms with Crippen LogP contribution in [0.5, 0.6) is 5.75 Å². The first-order valence-corrected chi connectivity index (χ1v) is 8.16. The van der Waals surface area contributed by atoms with Gasteiger partial charge in [-0.1, -0.05) is 12.1 Å². The molecule has 7 heteroatoms. The summed E-state index contributed by atoms with van der Waals surface area (Å²) in [7, 11) is -2.11. The first-order valence-electron chi connectivity index (χ1n) is 6.44. The molecule has 0 saturated carbocycles. The fourth-order valence-corrected chi connectivity index (χ4v) is 2.96. The molecule has 1 rings (SSSR count). The molecule has 1 aromatic rings. The summed E-state index contributed by atoms with van der Waals surface area (Å²) in [5.74, 6) is -0.336. The van der Waals surface area contributed by atoms with Crippen LogP contribution in [0, 0.1) is 11.3 Å². The van der Waals surface area contributed by atoms with Crippen molar-refractivity contribution < 1.29 is 17.9 Å². The highest BCUT2D eigenvalue weighted by Crippen LogP contribution is 2.23. The van der Waals surface area contributed by atoms with Gasteiger partial charge >= 0.3 is 0 Å². The number of hydrogen-bond acceptors (Lipinski definition) is 5. The van der Waals surface area contributed by atoms with Crippen LogP contribution in [0.2, 0.25) is 0 Å². The summed E-state index contributed by atoms with van der Waals surface area (Å²) in [6.07, 6.45) is 0.380. The molecule has 0 aromatic heterocycles. The van der Waals surface area contributed by atoms with E-state index in [0.29, 0.717) is 11.4 Å². The van der Waals surface area contributed by atoms with Gasteiger partial charge in [-0.15, -0.1) is 0 Å². The Hall–Kier alpha value is -2.07. The van der Waals surface area contributed by atoms with E-state index in [1.165, 1.54) is 14.0 Å². The molecular weight excluding hydrogens is 292 g/mol. The third-order valence-corrected chi connectivity index (χ3v) is 5.14. The van der Waals surface area contributed by atoms with Crippen LogP contribution in [0.4, 0.5) is 5.69 Å². The summed E-state index contributed by atoms with van der Waals surface area (Å²) in [4.78, 5) is 12.0. The lowest BCUT2D eigenvalue weighted by molar-refractivity contribution is -0.115. The van der Waals surface area contributed by atoms with Crippen LogP contribution in [0.25, 0.3) is 0 Å². The van der Waals surface area contributed by atoms with Crippen LogP contribution < -0.4 is 10.1 Å². The third kappa shape index (κ3) is 4.76. The molecule has 1 atom stereocenters. The van der Waals surface area contributed by atoms with Crippen molar-refractivity contribution in [2.75, 3.05) is 18.2 Å². The summed E-state index contributed by atoms with van der Waals surface area (Å²) < 4.78 is 29.1.